The zero-order chi connectivity index (χ0) is 25.6. The Morgan fingerprint density at radius 2 is 1.72 bits per heavy atom. The summed E-state index contributed by atoms with van der Waals surface area (Å²) in [6.07, 6.45) is 2.94. The standard InChI is InChI=1S/C26H22BrN3O6/c1-13-9-16-11-19(13)22-21(16)24(33)30(25(22)34)18-4-2-3-15(10-18)26(35)36-12-20(31)28-29-23(32)14-5-7-17(27)8-6-14/h2-10,16,19,21-22H,11-12H2,1H3,(H,28,31)(H,29,32)/t16-,19+,21+,22+/m0/s1. The van der Waals surface area contributed by atoms with Gasteiger partial charge in [-0.15, -0.1) is 0 Å². The van der Waals surface area contributed by atoms with Crippen LogP contribution >= 0.6 is 15.9 Å². The van der Waals surface area contributed by atoms with Crippen LogP contribution in [0.1, 0.15) is 34.1 Å². The first kappa shape index (κ1) is 23.9. The van der Waals surface area contributed by atoms with E-state index < -0.39 is 24.4 Å². The molecule has 2 aromatic rings. The van der Waals surface area contributed by atoms with E-state index in [9.17, 15) is 24.0 Å². The lowest BCUT2D eigenvalue weighted by Gasteiger charge is -2.19. The van der Waals surface area contributed by atoms with E-state index >= 15 is 0 Å². The molecule has 36 heavy (non-hydrogen) atoms. The van der Waals surface area contributed by atoms with E-state index in [1.807, 2.05) is 6.92 Å². The third-order valence-corrected chi connectivity index (χ3v) is 7.51. The van der Waals surface area contributed by atoms with Crippen LogP contribution in [0.4, 0.5) is 5.69 Å². The Hall–Kier alpha value is -3.79. The zero-order valence-corrected chi connectivity index (χ0v) is 20.8. The molecule has 0 aromatic heterocycles. The van der Waals surface area contributed by atoms with E-state index in [0.717, 1.165) is 16.5 Å². The van der Waals surface area contributed by atoms with Crippen molar-refractivity contribution in [2.45, 2.75) is 13.3 Å². The van der Waals surface area contributed by atoms with Crippen molar-refractivity contribution in [1.29, 1.82) is 0 Å². The van der Waals surface area contributed by atoms with Crippen molar-refractivity contribution in [3.05, 3.63) is 75.8 Å². The first-order valence-electron chi connectivity index (χ1n) is 11.4. The Kier molecular flexibility index (Phi) is 6.21. The summed E-state index contributed by atoms with van der Waals surface area (Å²) in [7, 11) is 0. The van der Waals surface area contributed by atoms with Gasteiger partial charge >= 0.3 is 5.97 Å². The van der Waals surface area contributed by atoms with Crippen molar-refractivity contribution in [3.8, 4) is 0 Å². The summed E-state index contributed by atoms with van der Waals surface area (Å²) in [5, 5.41) is 0. The Labute approximate surface area is 215 Å². The number of hydrogen-bond acceptors (Lipinski definition) is 6. The summed E-state index contributed by atoms with van der Waals surface area (Å²) in [4.78, 5) is 64.0. The minimum Gasteiger partial charge on any atom is -0.452 e. The quantitative estimate of drug-likeness (QED) is 0.255. The SMILES string of the molecule is CC1=C[C@H]2C[C@H]1[C@H]1C(=O)N(c3cccc(C(=O)OCC(=O)NNC(=O)c4ccc(Br)cc4)c3)C(=O)[C@@H]12. The molecule has 5 rings (SSSR count). The Morgan fingerprint density at radius 3 is 2.47 bits per heavy atom. The number of ether oxygens (including phenoxy) is 1. The molecular formula is C26H22BrN3O6. The van der Waals surface area contributed by atoms with E-state index in [-0.39, 0.29) is 41.0 Å². The smallest absolute Gasteiger partial charge is 0.338 e. The molecule has 3 aliphatic rings. The molecule has 0 radical (unpaired) electrons. The van der Waals surface area contributed by atoms with Gasteiger partial charge in [-0.25, -0.2) is 9.69 Å². The van der Waals surface area contributed by atoms with Gasteiger partial charge in [0.25, 0.3) is 11.8 Å². The molecule has 10 heteroatoms. The van der Waals surface area contributed by atoms with E-state index in [4.69, 9.17) is 4.74 Å². The molecule has 0 unspecified atom stereocenters. The molecule has 4 atom stereocenters. The lowest BCUT2D eigenvalue weighted by Crippen LogP contribution is -2.43. The van der Waals surface area contributed by atoms with Gasteiger partial charge in [0.1, 0.15) is 0 Å². The lowest BCUT2D eigenvalue weighted by atomic mass is 9.82. The second kappa shape index (κ2) is 9.34. The van der Waals surface area contributed by atoms with Gasteiger partial charge in [-0.3, -0.25) is 30.0 Å². The third-order valence-electron chi connectivity index (χ3n) is 6.98. The number of nitrogens with zero attached hydrogens (tertiary/aromatic N) is 1. The molecule has 2 bridgehead atoms. The first-order chi connectivity index (χ1) is 17.2. The number of anilines is 1. The molecule has 4 amide bonds. The predicted molar refractivity (Wildman–Crippen MR) is 131 cm³/mol. The van der Waals surface area contributed by atoms with Crippen molar-refractivity contribution in [2.24, 2.45) is 23.7 Å². The van der Waals surface area contributed by atoms with Crippen LogP contribution in [-0.2, 0) is 19.1 Å². The van der Waals surface area contributed by atoms with Crippen molar-refractivity contribution in [1.82, 2.24) is 10.9 Å². The van der Waals surface area contributed by atoms with Crippen LogP contribution < -0.4 is 15.8 Å². The van der Waals surface area contributed by atoms with Gasteiger partial charge in [0.2, 0.25) is 11.8 Å². The third kappa shape index (κ3) is 4.21. The highest BCUT2D eigenvalue weighted by molar-refractivity contribution is 9.10. The van der Waals surface area contributed by atoms with Gasteiger partial charge < -0.3 is 4.74 Å². The number of fused-ring (bicyclic) bond motifs is 5. The molecule has 1 saturated carbocycles. The number of halogens is 1. The molecule has 2 N–H and O–H groups in total. The summed E-state index contributed by atoms with van der Waals surface area (Å²) >= 11 is 3.27. The topological polar surface area (TPSA) is 122 Å². The highest BCUT2D eigenvalue weighted by Crippen LogP contribution is 2.55. The number of benzene rings is 2. The molecule has 2 aliphatic carbocycles. The summed E-state index contributed by atoms with van der Waals surface area (Å²) in [5.41, 5.74) is 6.31. The summed E-state index contributed by atoms with van der Waals surface area (Å²) in [5.74, 6) is -3.07. The number of esters is 1. The van der Waals surface area contributed by atoms with Crippen LogP contribution in [0.2, 0.25) is 0 Å². The van der Waals surface area contributed by atoms with Crippen LogP contribution in [0, 0.1) is 23.7 Å². The van der Waals surface area contributed by atoms with Crippen LogP contribution in [-0.4, -0.2) is 36.2 Å². The second-order valence-corrected chi connectivity index (χ2v) is 10.0. The maximum Gasteiger partial charge on any atom is 0.338 e. The van der Waals surface area contributed by atoms with E-state index in [1.165, 1.54) is 17.0 Å². The number of allylic oxidation sites excluding steroid dienone is 2. The number of hydrazine groups is 1. The van der Waals surface area contributed by atoms with E-state index in [1.54, 1.807) is 36.4 Å². The molecule has 0 spiro atoms. The monoisotopic (exact) mass is 551 g/mol. The normalized spacial score (nSPS) is 23.8. The predicted octanol–water partition coefficient (Wildman–Crippen LogP) is 2.77. The van der Waals surface area contributed by atoms with E-state index in [0.29, 0.717) is 11.3 Å². The first-order valence-corrected chi connectivity index (χ1v) is 12.2. The summed E-state index contributed by atoms with van der Waals surface area (Å²) in [6, 6.07) is 12.6. The van der Waals surface area contributed by atoms with E-state index in [2.05, 4.69) is 32.9 Å². The fraction of sp³-hybridized carbons (Fsp3) is 0.269. The molecular weight excluding hydrogens is 530 g/mol. The maximum atomic E-state index is 13.1. The maximum absolute atomic E-state index is 13.1. The minimum absolute atomic E-state index is 0.0809. The molecule has 1 aliphatic heterocycles. The van der Waals surface area contributed by atoms with Crippen molar-refractivity contribution in [2.75, 3.05) is 11.5 Å². The average Bonchev–Trinajstić information content (AvgIpc) is 3.51. The average molecular weight is 552 g/mol. The highest BCUT2D eigenvalue weighted by Gasteiger charge is 2.60. The fourth-order valence-electron chi connectivity index (χ4n) is 5.35. The summed E-state index contributed by atoms with van der Waals surface area (Å²) < 4.78 is 5.85. The van der Waals surface area contributed by atoms with Crippen molar-refractivity contribution >= 4 is 51.2 Å². The van der Waals surface area contributed by atoms with Crippen molar-refractivity contribution in [3.63, 3.8) is 0 Å². The molecule has 2 fully saturated rings. The number of carbonyl (C=O) groups is 5. The number of rotatable bonds is 5. The van der Waals surface area contributed by atoms with Gasteiger partial charge in [-0.1, -0.05) is 33.6 Å². The molecule has 9 nitrogen and oxygen atoms in total. The number of nitrogens with one attached hydrogen (secondary N) is 2. The Morgan fingerprint density at radius 1 is 1.00 bits per heavy atom. The number of amides is 4. The van der Waals surface area contributed by atoms with Gasteiger partial charge in [0.15, 0.2) is 6.61 Å². The van der Waals surface area contributed by atoms with Gasteiger partial charge in [-0.2, -0.15) is 0 Å². The number of hydrogen-bond donors (Lipinski definition) is 2. The largest absolute Gasteiger partial charge is 0.452 e. The van der Waals surface area contributed by atoms with Crippen LogP contribution in [0.3, 0.4) is 0 Å². The molecule has 2 aromatic carbocycles. The molecule has 1 heterocycles. The van der Waals surface area contributed by atoms with Crippen LogP contribution in [0.5, 0.6) is 0 Å². The number of carbonyl (C=O) groups excluding carboxylic acids is 5. The molecule has 1 saturated heterocycles. The minimum atomic E-state index is -0.803. The van der Waals surface area contributed by atoms with Crippen LogP contribution in [0.25, 0.3) is 0 Å². The summed E-state index contributed by atoms with van der Waals surface area (Å²) in [6.45, 7) is 1.37. The zero-order valence-electron chi connectivity index (χ0n) is 19.2. The number of imide groups is 1. The lowest BCUT2D eigenvalue weighted by molar-refractivity contribution is -0.125. The highest BCUT2D eigenvalue weighted by atomic mass is 79.9. The van der Waals surface area contributed by atoms with Gasteiger partial charge in [0, 0.05) is 10.0 Å². The Balaban J connectivity index is 1.18. The Bertz CT molecular complexity index is 1320. The fourth-order valence-corrected chi connectivity index (χ4v) is 5.62. The van der Waals surface area contributed by atoms with Gasteiger partial charge in [-0.05, 0) is 67.6 Å². The molecule has 184 valence electrons. The second-order valence-electron chi connectivity index (χ2n) is 9.12. The van der Waals surface area contributed by atoms with Gasteiger partial charge in [0.05, 0.1) is 23.1 Å². The van der Waals surface area contributed by atoms with Crippen LogP contribution in [0.15, 0.2) is 64.7 Å². The van der Waals surface area contributed by atoms with Crippen molar-refractivity contribution < 1.29 is 28.7 Å².